The lowest BCUT2D eigenvalue weighted by molar-refractivity contribution is 1.18. The van der Waals surface area contributed by atoms with Gasteiger partial charge in [-0.3, -0.25) is 0 Å². The molecule has 0 radical (unpaired) electrons. The lowest BCUT2D eigenvalue weighted by Crippen LogP contribution is -2.20. The van der Waals surface area contributed by atoms with E-state index in [1.807, 2.05) is 0 Å². The molecular formula is C50H40N4. The third-order valence-electron chi connectivity index (χ3n) is 11.2. The highest BCUT2D eigenvalue weighted by Crippen LogP contribution is 2.56. The van der Waals surface area contributed by atoms with Crippen LogP contribution in [0.25, 0.3) is 33.0 Å². The Balaban J connectivity index is 1.10. The summed E-state index contributed by atoms with van der Waals surface area (Å²) in [6.07, 6.45) is 0. The van der Waals surface area contributed by atoms with Crippen LogP contribution in [0.2, 0.25) is 0 Å². The summed E-state index contributed by atoms with van der Waals surface area (Å²) in [5, 5.41) is 2.61. The van der Waals surface area contributed by atoms with E-state index in [9.17, 15) is 0 Å². The lowest BCUT2D eigenvalue weighted by atomic mass is 9.84. The number of fused-ring (bicyclic) bond motifs is 4. The number of nitrogens with zero attached hydrogens (tertiary/aromatic N) is 4. The van der Waals surface area contributed by atoms with Crippen molar-refractivity contribution in [3.05, 3.63) is 181 Å². The van der Waals surface area contributed by atoms with Crippen molar-refractivity contribution in [3.63, 3.8) is 0 Å². The van der Waals surface area contributed by atoms with Gasteiger partial charge in [-0.05, 0) is 110 Å². The van der Waals surface area contributed by atoms with Gasteiger partial charge in [0.1, 0.15) is 0 Å². The molecule has 0 saturated heterocycles. The zero-order valence-electron chi connectivity index (χ0n) is 31.0. The van der Waals surface area contributed by atoms with E-state index >= 15 is 0 Å². The van der Waals surface area contributed by atoms with Gasteiger partial charge in [-0.2, -0.15) is 0 Å². The molecule has 10 rings (SSSR count). The van der Waals surface area contributed by atoms with Gasteiger partial charge < -0.3 is 19.6 Å². The topological polar surface area (TPSA) is 13.0 Å². The first kappa shape index (κ1) is 31.9. The van der Waals surface area contributed by atoms with E-state index in [1.54, 1.807) is 0 Å². The molecule has 4 nitrogen and oxygen atoms in total. The largest absolute Gasteiger partial charge is 0.344 e. The summed E-state index contributed by atoms with van der Waals surface area (Å²) in [5.41, 5.74) is 19.2. The van der Waals surface area contributed by atoms with Crippen molar-refractivity contribution in [2.24, 2.45) is 0 Å². The van der Waals surface area contributed by atoms with E-state index in [-0.39, 0.29) is 0 Å². The molecule has 0 saturated carbocycles. The summed E-state index contributed by atoms with van der Waals surface area (Å²) in [7, 11) is 4.43. The number of aryl methyl sites for hydroxylation is 2. The zero-order valence-corrected chi connectivity index (χ0v) is 31.0. The fraction of sp³-hybridized carbons (Fsp3) is 0.0800. The van der Waals surface area contributed by atoms with E-state index in [0.29, 0.717) is 0 Å². The second-order valence-corrected chi connectivity index (χ2v) is 14.5. The fourth-order valence-electron chi connectivity index (χ4n) is 8.49. The smallest absolute Gasteiger partial charge is 0.0509 e. The van der Waals surface area contributed by atoms with Crippen LogP contribution in [-0.4, -0.2) is 14.1 Å². The molecule has 2 aliphatic heterocycles. The van der Waals surface area contributed by atoms with Gasteiger partial charge in [0.05, 0.1) is 11.4 Å². The minimum atomic E-state index is 1.13. The average Bonchev–Trinajstić information content (AvgIpc) is 3.21. The summed E-state index contributed by atoms with van der Waals surface area (Å²) in [5.74, 6) is 0. The predicted molar refractivity (Wildman–Crippen MR) is 230 cm³/mol. The molecule has 8 aromatic carbocycles. The van der Waals surface area contributed by atoms with Gasteiger partial charge in [0.15, 0.2) is 0 Å². The maximum atomic E-state index is 2.38. The minimum Gasteiger partial charge on any atom is -0.344 e. The molecule has 8 aromatic rings. The van der Waals surface area contributed by atoms with Crippen molar-refractivity contribution >= 4 is 67.6 Å². The Labute approximate surface area is 317 Å². The van der Waals surface area contributed by atoms with Crippen LogP contribution in [0.3, 0.4) is 0 Å². The summed E-state index contributed by atoms with van der Waals surface area (Å²) in [4.78, 5) is 9.46. The highest BCUT2D eigenvalue weighted by atomic mass is 15.2. The van der Waals surface area contributed by atoms with Crippen molar-refractivity contribution in [2.75, 3.05) is 33.7 Å². The molecule has 0 amide bonds. The van der Waals surface area contributed by atoms with Gasteiger partial charge in [0.25, 0.3) is 0 Å². The molecule has 0 fully saturated rings. The Morgan fingerprint density at radius 3 is 1.04 bits per heavy atom. The van der Waals surface area contributed by atoms with Crippen molar-refractivity contribution in [2.45, 2.75) is 13.8 Å². The number of benzene rings is 8. The first-order valence-electron chi connectivity index (χ1n) is 18.6. The molecule has 0 N–H and O–H groups in total. The van der Waals surface area contributed by atoms with E-state index in [1.165, 1.54) is 66.9 Å². The van der Waals surface area contributed by atoms with E-state index in [2.05, 4.69) is 217 Å². The Morgan fingerprint density at radius 1 is 0.315 bits per heavy atom. The average molecular weight is 697 g/mol. The molecular weight excluding hydrogens is 657 g/mol. The molecule has 4 heteroatoms. The molecule has 260 valence electrons. The third-order valence-corrected chi connectivity index (χ3v) is 11.2. The number of para-hydroxylation sites is 2. The Kier molecular flexibility index (Phi) is 7.34. The van der Waals surface area contributed by atoms with Crippen LogP contribution in [0.5, 0.6) is 0 Å². The third kappa shape index (κ3) is 4.98. The first-order chi connectivity index (χ1) is 26.4. The lowest BCUT2D eigenvalue weighted by Gasteiger charge is -2.37. The van der Waals surface area contributed by atoms with Crippen LogP contribution < -0.4 is 19.6 Å². The maximum Gasteiger partial charge on any atom is 0.0509 e. The number of hydrogen-bond acceptors (Lipinski definition) is 4. The van der Waals surface area contributed by atoms with Gasteiger partial charge >= 0.3 is 0 Å². The van der Waals surface area contributed by atoms with Crippen LogP contribution in [0, 0.1) is 13.8 Å². The molecule has 0 unspecified atom stereocenters. The van der Waals surface area contributed by atoms with Gasteiger partial charge in [-0.1, -0.05) is 96.1 Å². The van der Waals surface area contributed by atoms with E-state index in [0.717, 1.165) is 34.1 Å². The summed E-state index contributed by atoms with van der Waals surface area (Å²) in [6.45, 7) is 4.27. The SMILES string of the molecule is Cc1ccc(N(c2ccccc2)c2ccc3c(c2)N(C)c2ccc4c5c(ccc-3c25)-c2ccc(N(c3ccccc3)c3ccc(C)cc3)cc2N4C)cc1. The molecule has 0 spiro atoms. The molecule has 0 aromatic heterocycles. The van der Waals surface area contributed by atoms with Gasteiger partial charge in [0, 0.05) is 81.5 Å². The van der Waals surface area contributed by atoms with E-state index < -0.39 is 0 Å². The highest BCUT2D eigenvalue weighted by Gasteiger charge is 2.31. The number of rotatable bonds is 6. The highest BCUT2D eigenvalue weighted by molar-refractivity contribution is 6.23. The summed E-state index contributed by atoms with van der Waals surface area (Å²) >= 11 is 0. The van der Waals surface area contributed by atoms with Gasteiger partial charge in [0.2, 0.25) is 0 Å². The van der Waals surface area contributed by atoms with Crippen molar-refractivity contribution in [3.8, 4) is 22.3 Å². The molecule has 2 aliphatic rings. The quantitative estimate of drug-likeness (QED) is 0.172. The monoisotopic (exact) mass is 696 g/mol. The standard InChI is InChI=1S/C50H40N4/c1-33-15-19-37(20-16-33)53(35-11-7-5-8-12-35)39-23-25-41-43-27-28-44-42-26-24-40(54(36-13-9-6-10-14-36)38-21-17-34(2)18-22-38)32-48(42)52(4)46-30-29-45(49(43)50(44)46)51(3)47(41)31-39/h5-32H,1-4H3. The molecule has 2 heterocycles. The van der Waals surface area contributed by atoms with Crippen molar-refractivity contribution in [1.82, 2.24) is 0 Å². The fourth-order valence-corrected chi connectivity index (χ4v) is 8.49. The Morgan fingerprint density at radius 2 is 0.648 bits per heavy atom. The number of hydrogen-bond donors (Lipinski definition) is 0. The van der Waals surface area contributed by atoms with Crippen LogP contribution >= 0.6 is 0 Å². The van der Waals surface area contributed by atoms with Crippen molar-refractivity contribution < 1.29 is 0 Å². The van der Waals surface area contributed by atoms with Gasteiger partial charge in [-0.25, -0.2) is 0 Å². The van der Waals surface area contributed by atoms with E-state index in [4.69, 9.17) is 0 Å². The normalized spacial score (nSPS) is 12.4. The first-order valence-corrected chi connectivity index (χ1v) is 18.6. The van der Waals surface area contributed by atoms with Crippen LogP contribution in [0.15, 0.2) is 170 Å². The minimum absolute atomic E-state index is 1.13. The van der Waals surface area contributed by atoms with Crippen LogP contribution in [0.1, 0.15) is 11.1 Å². The zero-order chi connectivity index (χ0) is 36.5. The second-order valence-electron chi connectivity index (χ2n) is 14.5. The van der Waals surface area contributed by atoms with Crippen LogP contribution in [-0.2, 0) is 0 Å². The summed E-state index contributed by atoms with van der Waals surface area (Å²) < 4.78 is 0. The summed E-state index contributed by atoms with van der Waals surface area (Å²) in [6, 6.07) is 62.1. The van der Waals surface area contributed by atoms with Crippen LogP contribution in [0.4, 0.5) is 56.9 Å². The van der Waals surface area contributed by atoms with Gasteiger partial charge in [-0.15, -0.1) is 0 Å². The molecule has 0 atom stereocenters. The second kappa shape index (κ2) is 12.4. The maximum absolute atomic E-state index is 2.38. The molecule has 0 aliphatic carbocycles. The Bertz CT molecular complexity index is 2510. The number of anilines is 10. The predicted octanol–water partition coefficient (Wildman–Crippen LogP) is 13.9. The van der Waals surface area contributed by atoms with Crippen molar-refractivity contribution in [1.29, 1.82) is 0 Å². The molecule has 0 bridgehead atoms. The molecule has 54 heavy (non-hydrogen) atoms. The Hall–Kier alpha value is -6.78.